The highest BCUT2D eigenvalue weighted by molar-refractivity contribution is 7.99. The number of carbonyl (C=O) groups is 1. The second-order valence-electron chi connectivity index (χ2n) is 10.9. The molecule has 0 spiro atoms. The second kappa shape index (κ2) is 11.7. The van der Waals surface area contributed by atoms with Crippen LogP contribution in [0.2, 0.25) is 0 Å². The van der Waals surface area contributed by atoms with E-state index >= 15 is 0 Å². The summed E-state index contributed by atoms with van der Waals surface area (Å²) in [6.07, 6.45) is 11.1. The molecule has 2 aromatic heterocycles. The summed E-state index contributed by atoms with van der Waals surface area (Å²) < 4.78 is 1.88. The standard InChI is InChI=1S/C30H39N3O2S2/c1-4-5-6-7-8-11-16-32-29(35)27-23-15-14-20(2)17-25(23)37-28(27)31-30(32)36-19-26(34)33-21(3)18-22-12-9-10-13-24(22)33/h9-10,12-13,20-21H,4-8,11,14-19H2,1-3H3/t20-,21+/m1/s1. The third-order valence-corrected chi connectivity index (χ3v) is 10.0. The highest BCUT2D eigenvalue weighted by atomic mass is 32.2. The summed E-state index contributed by atoms with van der Waals surface area (Å²) >= 11 is 3.13. The number of aryl methyl sites for hydroxylation is 1. The van der Waals surface area contributed by atoms with E-state index in [0.29, 0.717) is 17.6 Å². The molecule has 1 aliphatic carbocycles. The van der Waals surface area contributed by atoms with Gasteiger partial charge in [0.05, 0.1) is 11.1 Å². The van der Waals surface area contributed by atoms with Crippen molar-refractivity contribution in [1.82, 2.24) is 9.55 Å². The lowest BCUT2D eigenvalue weighted by atomic mass is 9.89. The molecule has 0 unspecified atom stereocenters. The lowest BCUT2D eigenvalue weighted by Gasteiger charge is -2.22. The number of anilines is 1. The van der Waals surface area contributed by atoms with E-state index in [0.717, 1.165) is 54.4 Å². The molecule has 0 fully saturated rings. The van der Waals surface area contributed by atoms with E-state index in [9.17, 15) is 9.59 Å². The molecule has 2 aliphatic rings. The maximum absolute atomic E-state index is 13.9. The van der Waals surface area contributed by atoms with Crippen molar-refractivity contribution in [3.63, 3.8) is 0 Å². The van der Waals surface area contributed by atoms with Gasteiger partial charge in [-0.25, -0.2) is 4.98 Å². The van der Waals surface area contributed by atoms with Gasteiger partial charge in [-0.15, -0.1) is 11.3 Å². The molecular formula is C30H39N3O2S2. The van der Waals surface area contributed by atoms with Crippen molar-refractivity contribution in [3.05, 3.63) is 50.6 Å². The molecule has 0 radical (unpaired) electrons. The van der Waals surface area contributed by atoms with Gasteiger partial charge in [0.1, 0.15) is 4.83 Å². The average Bonchev–Trinajstić information content (AvgIpc) is 3.41. The van der Waals surface area contributed by atoms with Crippen molar-refractivity contribution < 1.29 is 4.79 Å². The van der Waals surface area contributed by atoms with E-state index in [1.54, 1.807) is 11.3 Å². The Labute approximate surface area is 228 Å². The zero-order valence-corrected chi connectivity index (χ0v) is 24.1. The van der Waals surface area contributed by atoms with Crippen LogP contribution in [0.5, 0.6) is 0 Å². The summed E-state index contributed by atoms with van der Waals surface area (Å²) in [6, 6.07) is 8.33. The minimum atomic E-state index is 0.0854. The van der Waals surface area contributed by atoms with Gasteiger partial charge < -0.3 is 4.90 Å². The van der Waals surface area contributed by atoms with Crippen molar-refractivity contribution in [1.29, 1.82) is 0 Å². The lowest BCUT2D eigenvalue weighted by Crippen LogP contribution is -2.37. The van der Waals surface area contributed by atoms with Gasteiger partial charge in [-0.2, -0.15) is 0 Å². The van der Waals surface area contributed by atoms with Gasteiger partial charge in [0, 0.05) is 23.2 Å². The van der Waals surface area contributed by atoms with E-state index in [4.69, 9.17) is 4.98 Å². The first-order valence-electron chi connectivity index (χ1n) is 14.1. The van der Waals surface area contributed by atoms with Crippen molar-refractivity contribution in [3.8, 4) is 0 Å². The monoisotopic (exact) mass is 537 g/mol. The summed E-state index contributed by atoms with van der Waals surface area (Å²) in [7, 11) is 0. The Balaban J connectivity index is 1.40. The Morgan fingerprint density at radius 3 is 2.73 bits per heavy atom. The largest absolute Gasteiger partial charge is 0.308 e. The van der Waals surface area contributed by atoms with Crippen LogP contribution in [0.1, 0.15) is 81.7 Å². The fourth-order valence-corrected chi connectivity index (χ4v) is 8.21. The Bertz CT molecular complexity index is 1330. The van der Waals surface area contributed by atoms with Gasteiger partial charge in [0.15, 0.2) is 5.16 Å². The van der Waals surface area contributed by atoms with E-state index in [1.165, 1.54) is 53.4 Å². The van der Waals surface area contributed by atoms with Crippen LogP contribution >= 0.6 is 23.1 Å². The first kappa shape index (κ1) is 26.5. The molecule has 3 aromatic rings. The van der Waals surface area contributed by atoms with Crippen LogP contribution in [-0.4, -0.2) is 27.3 Å². The smallest absolute Gasteiger partial charge is 0.263 e. The summed E-state index contributed by atoms with van der Waals surface area (Å²) in [5, 5.41) is 1.54. The number of nitrogens with zero attached hydrogens (tertiary/aromatic N) is 3. The number of aromatic nitrogens is 2. The molecule has 37 heavy (non-hydrogen) atoms. The zero-order valence-electron chi connectivity index (χ0n) is 22.4. The number of benzene rings is 1. The van der Waals surface area contributed by atoms with Crippen LogP contribution in [0.15, 0.2) is 34.2 Å². The summed E-state index contributed by atoms with van der Waals surface area (Å²) in [6.45, 7) is 7.31. The number of fused-ring (bicyclic) bond motifs is 4. The lowest BCUT2D eigenvalue weighted by molar-refractivity contribution is -0.116. The summed E-state index contributed by atoms with van der Waals surface area (Å²) in [5.74, 6) is 1.03. The molecule has 0 N–H and O–H groups in total. The number of thioether (sulfide) groups is 1. The number of unbranched alkanes of at least 4 members (excludes halogenated alkanes) is 5. The molecule has 0 saturated heterocycles. The van der Waals surface area contributed by atoms with Gasteiger partial charge in [0.25, 0.3) is 5.56 Å². The predicted octanol–water partition coefficient (Wildman–Crippen LogP) is 7.01. The van der Waals surface area contributed by atoms with Crippen LogP contribution in [-0.2, 0) is 30.6 Å². The SMILES string of the molecule is CCCCCCCCn1c(SCC(=O)N2c3ccccc3C[C@@H]2C)nc2sc3c(c2c1=O)CC[C@@H](C)C3. The van der Waals surface area contributed by atoms with Crippen LogP contribution in [0.25, 0.3) is 10.2 Å². The van der Waals surface area contributed by atoms with Gasteiger partial charge in [-0.05, 0) is 62.1 Å². The quantitative estimate of drug-likeness (QED) is 0.159. The third kappa shape index (κ3) is 5.53. The highest BCUT2D eigenvalue weighted by Crippen LogP contribution is 2.37. The van der Waals surface area contributed by atoms with E-state index in [1.807, 2.05) is 27.7 Å². The van der Waals surface area contributed by atoms with Gasteiger partial charge in [-0.3, -0.25) is 14.2 Å². The fraction of sp³-hybridized carbons (Fsp3) is 0.567. The summed E-state index contributed by atoms with van der Waals surface area (Å²) in [5.41, 5.74) is 3.59. The predicted molar refractivity (Wildman–Crippen MR) is 156 cm³/mol. The van der Waals surface area contributed by atoms with E-state index < -0.39 is 0 Å². The van der Waals surface area contributed by atoms with Crippen LogP contribution < -0.4 is 10.5 Å². The number of thiophene rings is 1. The van der Waals surface area contributed by atoms with Crippen molar-refractivity contribution in [2.45, 2.75) is 103 Å². The number of carbonyl (C=O) groups excluding carboxylic acids is 1. The van der Waals surface area contributed by atoms with Gasteiger partial charge in [0.2, 0.25) is 5.91 Å². The Kier molecular flexibility index (Phi) is 8.40. The highest BCUT2D eigenvalue weighted by Gasteiger charge is 2.31. The number of hydrogen-bond acceptors (Lipinski definition) is 5. The molecule has 7 heteroatoms. The van der Waals surface area contributed by atoms with Crippen molar-refractivity contribution in [2.24, 2.45) is 5.92 Å². The number of para-hydroxylation sites is 1. The molecule has 1 aliphatic heterocycles. The summed E-state index contributed by atoms with van der Waals surface area (Å²) in [4.78, 5) is 36.4. The maximum atomic E-state index is 13.9. The number of hydrogen-bond donors (Lipinski definition) is 0. The minimum absolute atomic E-state index is 0.0854. The first-order chi connectivity index (χ1) is 18.0. The van der Waals surface area contributed by atoms with Gasteiger partial charge in [-0.1, -0.05) is 75.9 Å². The molecule has 198 valence electrons. The molecule has 0 saturated carbocycles. The van der Waals surface area contributed by atoms with Crippen LogP contribution in [0.4, 0.5) is 5.69 Å². The molecule has 5 nitrogen and oxygen atoms in total. The van der Waals surface area contributed by atoms with Gasteiger partial charge >= 0.3 is 0 Å². The molecule has 0 bridgehead atoms. The van der Waals surface area contributed by atoms with Crippen LogP contribution in [0.3, 0.4) is 0 Å². The number of amides is 1. The van der Waals surface area contributed by atoms with E-state index in [-0.39, 0.29) is 23.3 Å². The number of rotatable bonds is 10. The molecule has 5 rings (SSSR count). The maximum Gasteiger partial charge on any atom is 0.263 e. The normalized spacial score (nSPS) is 18.8. The van der Waals surface area contributed by atoms with Crippen molar-refractivity contribution in [2.75, 3.05) is 10.7 Å². The Morgan fingerprint density at radius 1 is 1.11 bits per heavy atom. The topological polar surface area (TPSA) is 55.2 Å². The first-order valence-corrected chi connectivity index (χ1v) is 15.9. The second-order valence-corrected chi connectivity index (χ2v) is 12.9. The minimum Gasteiger partial charge on any atom is -0.308 e. The zero-order chi connectivity index (χ0) is 25.9. The molecule has 1 amide bonds. The molecule has 1 aromatic carbocycles. The van der Waals surface area contributed by atoms with Crippen LogP contribution in [0, 0.1) is 5.92 Å². The third-order valence-electron chi connectivity index (χ3n) is 7.92. The average molecular weight is 538 g/mol. The van der Waals surface area contributed by atoms with E-state index in [2.05, 4.69) is 26.8 Å². The van der Waals surface area contributed by atoms with Crippen molar-refractivity contribution >= 4 is 44.9 Å². The Morgan fingerprint density at radius 2 is 1.89 bits per heavy atom. The molecular weight excluding hydrogens is 498 g/mol. The fourth-order valence-electron chi connectivity index (χ4n) is 5.90. The Hall–Kier alpha value is -2.12. The molecule has 3 heterocycles. The molecule has 2 atom stereocenters.